The Morgan fingerprint density at radius 1 is 1.13 bits per heavy atom. The summed E-state index contributed by atoms with van der Waals surface area (Å²) < 4.78 is 0. The van der Waals surface area contributed by atoms with Gasteiger partial charge in [-0.15, -0.1) is 0 Å². The molecule has 0 fully saturated rings. The first kappa shape index (κ1) is 26.4. The van der Waals surface area contributed by atoms with Gasteiger partial charge in [0.1, 0.15) is 6.10 Å². The highest BCUT2D eigenvalue weighted by Gasteiger charge is 2.20. The number of rotatable bonds is 13. The lowest BCUT2D eigenvalue weighted by Gasteiger charge is -2.15. The van der Waals surface area contributed by atoms with Gasteiger partial charge in [-0.25, -0.2) is 9.78 Å². The molecule has 0 bridgehead atoms. The summed E-state index contributed by atoms with van der Waals surface area (Å²) in [6.45, 7) is 2.62. The fourth-order valence-corrected chi connectivity index (χ4v) is 2.61. The van der Waals surface area contributed by atoms with Crippen LogP contribution < -0.4 is 26.8 Å². The first-order chi connectivity index (χ1) is 14.7. The smallest absolute Gasteiger partial charge is 0.321 e. The van der Waals surface area contributed by atoms with Crippen molar-refractivity contribution in [2.75, 3.05) is 30.7 Å². The summed E-state index contributed by atoms with van der Waals surface area (Å²) in [4.78, 5) is 52.8. The Balaban J connectivity index is 2.13. The topological polar surface area (TPSA) is 186 Å². The highest BCUT2D eigenvalue weighted by molar-refractivity contribution is 7.80. The van der Waals surface area contributed by atoms with Crippen molar-refractivity contribution in [3.8, 4) is 0 Å². The number of nitrogens with one attached hydrogen (secondary N) is 5. The molecule has 0 aliphatic rings. The van der Waals surface area contributed by atoms with Crippen molar-refractivity contribution in [3.05, 3.63) is 22.1 Å². The quantitative estimate of drug-likeness (QED) is 0.132. The maximum Gasteiger partial charge on any atom is 0.321 e. The summed E-state index contributed by atoms with van der Waals surface area (Å²) >= 11 is 3.93. The largest absolute Gasteiger partial charge is 0.392 e. The number of carbonyl (C=O) groups excluding carboxylic acids is 3. The molecular weight excluding hydrogens is 428 g/mol. The van der Waals surface area contributed by atoms with E-state index in [4.69, 9.17) is 0 Å². The first-order valence-electron chi connectivity index (χ1n) is 9.85. The Labute approximate surface area is 185 Å². The molecule has 13 heteroatoms. The molecule has 2 atom stereocenters. The summed E-state index contributed by atoms with van der Waals surface area (Å²) in [5.41, 5.74) is 0.112. The zero-order valence-corrected chi connectivity index (χ0v) is 18.2. The molecule has 2 unspecified atom stereocenters. The molecule has 1 aromatic rings. The predicted octanol–water partition coefficient (Wildman–Crippen LogP) is -1.36. The monoisotopic (exact) mass is 458 g/mol. The van der Waals surface area contributed by atoms with Crippen LogP contribution in [0.25, 0.3) is 0 Å². The summed E-state index contributed by atoms with van der Waals surface area (Å²) in [5, 5.41) is 29.6. The number of nitrogens with zero attached hydrogens (tertiary/aromatic N) is 1. The lowest BCUT2D eigenvalue weighted by Crippen LogP contribution is -2.38. The molecule has 174 valence electrons. The number of hydrogen-bond acceptors (Lipinski definition) is 8. The van der Waals surface area contributed by atoms with Crippen LogP contribution in [0.15, 0.2) is 10.9 Å². The third kappa shape index (κ3) is 12.0. The van der Waals surface area contributed by atoms with Crippen LogP contribution in [0.4, 0.5) is 10.7 Å². The first-order valence-corrected chi connectivity index (χ1v) is 10.5. The molecule has 31 heavy (non-hydrogen) atoms. The molecule has 0 saturated heterocycles. The van der Waals surface area contributed by atoms with E-state index in [1.165, 1.54) is 6.07 Å². The Bertz CT molecular complexity index is 789. The van der Waals surface area contributed by atoms with Crippen molar-refractivity contribution in [2.24, 2.45) is 0 Å². The van der Waals surface area contributed by atoms with Crippen molar-refractivity contribution in [2.45, 2.75) is 44.8 Å². The number of aryl methyl sites for hydroxylation is 1. The van der Waals surface area contributed by atoms with Crippen LogP contribution in [-0.2, 0) is 9.59 Å². The van der Waals surface area contributed by atoms with Gasteiger partial charge in [0.15, 0.2) is 0 Å². The number of urea groups is 1. The van der Waals surface area contributed by atoms with Crippen molar-refractivity contribution in [3.63, 3.8) is 0 Å². The van der Waals surface area contributed by atoms with Gasteiger partial charge in [0.25, 0.3) is 5.56 Å². The van der Waals surface area contributed by atoms with Gasteiger partial charge in [-0.2, -0.15) is 12.6 Å². The van der Waals surface area contributed by atoms with Crippen LogP contribution in [0.1, 0.15) is 31.4 Å². The Hall–Kier alpha value is -2.64. The van der Waals surface area contributed by atoms with Crippen molar-refractivity contribution >= 4 is 36.4 Å². The minimum atomic E-state index is -1.40. The minimum Gasteiger partial charge on any atom is -0.392 e. The second-order valence-electron chi connectivity index (χ2n) is 6.80. The van der Waals surface area contributed by atoms with Crippen LogP contribution in [0.5, 0.6) is 0 Å². The van der Waals surface area contributed by atoms with E-state index >= 15 is 0 Å². The van der Waals surface area contributed by atoms with Gasteiger partial charge in [-0.05, 0) is 19.8 Å². The van der Waals surface area contributed by atoms with E-state index in [1.807, 2.05) is 0 Å². The van der Waals surface area contributed by atoms with E-state index in [1.54, 1.807) is 6.92 Å². The lowest BCUT2D eigenvalue weighted by atomic mass is 10.1. The summed E-state index contributed by atoms with van der Waals surface area (Å²) in [7, 11) is 0. The zero-order valence-electron chi connectivity index (χ0n) is 17.3. The number of carbonyl (C=O) groups is 3. The van der Waals surface area contributed by atoms with Crippen LogP contribution >= 0.6 is 12.6 Å². The Kier molecular flexibility index (Phi) is 12.2. The number of thiol groups is 1. The fraction of sp³-hybridized carbons (Fsp3) is 0.611. The Morgan fingerprint density at radius 3 is 2.45 bits per heavy atom. The SMILES string of the molecule is Cc1cc(=O)[nH]c(NC(=O)NCCCCNC(=O)CC(O)CC(O)C(=O)NCCS)n1. The van der Waals surface area contributed by atoms with Crippen LogP contribution in [-0.4, -0.2) is 75.6 Å². The zero-order chi connectivity index (χ0) is 23.2. The highest BCUT2D eigenvalue weighted by atomic mass is 32.1. The third-order valence-corrected chi connectivity index (χ3v) is 4.17. The molecular formula is C18H30N6O6S. The summed E-state index contributed by atoms with van der Waals surface area (Å²) in [6, 6.07) is 0.790. The molecule has 0 aliphatic heterocycles. The molecule has 0 aliphatic carbocycles. The normalized spacial score (nSPS) is 12.5. The van der Waals surface area contributed by atoms with Gasteiger partial charge >= 0.3 is 6.03 Å². The van der Waals surface area contributed by atoms with Crippen molar-refractivity contribution in [1.29, 1.82) is 0 Å². The predicted molar refractivity (Wildman–Crippen MR) is 117 cm³/mol. The van der Waals surface area contributed by atoms with E-state index in [2.05, 4.69) is 43.9 Å². The van der Waals surface area contributed by atoms with E-state index < -0.39 is 30.1 Å². The van der Waals surface area contributed by atoms with Crippen LogP contribution in [0.3, 0.4) is 0 Å². The van der Waals surface area contributed by atoms with Crippen LogP contribution in [0.2, 0.25) is 0 Å². The van der Waals surface area contributed by atoms with Crippen LogP contribution in [0, 0.1) is 6.92 Å². The van der Waals surface area contributed by atoms with E-state index in [9.17, 15) is 29.4 Å². The summed E-state index contributed by atoms with van der Waals surface area (Å²) in [6.07, 6.45) is -1.86. The highest BCUT2D eigenvalue weighted by Crippen LogP contribution is 2.03. The molecule has 12 nitrogen and oxygen atoms in total. The average molecular weight is 459 g/mol. The molecule has 0 radical (unpaired) electrons. The Morgan fingerprint density at radius 2 is 1.81 bits per heavy atom. The maximum atomic E-state index is 11.8. The molecule has 0 spiro atoms. The van der Waals surface area contributed by atoms with Gasteiger partial charge in [-0.1, -0.05) is 0 Å². The molecule has 1 aromatic heterocycles. The molecule has 4 amide bonds. The summed E-state index contributed by atoms with van der Waals surface area (Å²) in [5.74, 6) is -0.545. The van der Waals surface area contributed by atoms with Gasteiger partial charge in [-0.3, -0.25) is 24.7 Å². The standard InChI is InChI=1S/C18H30N6O6S/c1-11-8-15(28)23-17(22-11)24-18(30)21-5-3-2-4-19-14(27)10-12(25)9-13(26)16(29)20-6-7-31/h8,12-13,25-26,31H,2-7,9-10H2,1H3,(H,19,27)(H,20,29)(H3,21,22,23,24,28,30). The van der Waals surface area contributed by atoms with E-state index in [0.29, 0.717) is 43.9 Å². The number of aliphatic hydroxyl groups excluding tert-OH is 2. The average Bonchev–Trinajstić information content (AvgIpc) is 2.67. The van der Waals surface area contributed by atoms with E-state index in [0.717, 1.165) is 0 Å². The molecule has 1 heterocycles. The van der Waals surface area contributed by atoms with E-state index in [-0.39, 0.29) is 24.3 Å². The van der Waals surface area contributed by atoms with Crippen molar-refractivity contribution < 1.29 is 24.6 Å². The van der Waals surface area contributed by atoms with Gasteiger partial charge < -0.3 is 26.2 Å². The second kappa shape index (κ2) is 14.4. The molecule has 0 saturated carbocycles. The molecule has 1 rings (SSSR count). The minimum absolute atomic E-state index is 0.0534. The number of H-pyrrole nitrogens is 1. The number of aromatic amines is 1. The maximum absolute atomic E-state index is 11.8. The number of anilines is 1. The van der Waals surface area contributed by atoms with Gasteiger partial charge in [0, 0.05) is 43.6 Å². The lowest BCUT2D eigenvalue weighted by molar-refractivity contribution is -0.132. The third-order valence-electron chi connectivity index (χ3n) is 3.94. The molecule has 7 N–H and O–H groups in total. The number of aromatic nitrogens is 2. The van der Waals surface area contributed by atoms with Gasteiger partial charge in [0.2, 0.25) is 17.8 Å². The fourth-order valence-electron chi connectivity index (χ4n) is 2.50. The number of amides is 4. The number of hydrogen-bond donors (Lipinski definition) is 8. The van der Waals surface area contributed by atoms with Crippen molar-refractivity contribution in [1.82, 2.24) is 25.9 Å². The second-order valence-corrected chi connectivity index (χ2v) is 7.24. The molecule has 0 aromatic carbocycles. The van der Waals surface area contributed by atoms with Gasteiger partial charge in [0.05, 0.1) is 12.5 Å². The number of unbranched alkanes of at least 4 members (excludes halogenated alkanes) is 1. The number of aliphatic hydroxyl groups is 2.